The molecule has 1 saturated heterocycles. The van der Waals surface area contributed by atoms with Gasteiger partial charge in [-0.3, -0.25) is 0 Å². The Bertz CT molecular complexity index is 572. The van der Waals surface area contributed by atoms with E-state index in [4.69, 9.17) is 4.52 Å². The second-order valence-electron chi connectivity index (χ2n) is 5.86. The molecule has 0 bridgehead atoms. The molecule has 118 valence electrons. The average molecular weight is 317 g/mol. The van der Waals surface area contributed by atoms with Crippen molar-refractivity contribution in [1.82, 2.24) is 15.0 Å². The van der Waals surface area contributed by atoms with Gasteiger partial charge in [-0.15, -0.1) is 0 Å². The van der Waals surface area contributed by atoms with Gasteiger partial charge in [0.15, 0.2) is 5.82 Å². The summed E-state index contributed by atoms with van der Waals surface area (Å²) in [5.74, 6) is 4.24. The predicted molar refractivity (Wildman–Crippen MR) is 90.1 cm³/mol. The lowest BCUT2D eigenvalue weighted by Crippen LogP contribution is -2.36. The van der Waals surface area contributed by atoms with Gasteiger partial charge in [-0.1, -0.05) is 35.5 Å². The van der Waals surface area contributed by atoms with E-state index in [2.05, 4.69) is 45.4 Å². The number of rotatable bonds is 6. The molecule has 0 unspecified atom stereocenters. The molecule has 22 heavy (non-hydrogen) atoms. The molecule has 1 aromatic heterocycles. The smallest absolute Gasteiger partial charge is 0.231 e. The topological polar surface area (TPSA) is 42.2 Å². The van der Waals surface area contributed by atoms with E-state index in [9.17, 15) is 0 Å². The fourth-order valence-electron chi connectivity index (χ4n) is 2.90. The first kappa shape index (κ1) is 15.6. The number of likely N-dealkylation sites (tertiary alicyclic amines) is 1. The van der Waals surface area contributed by atoms with Crippen LogP contribution < -0.4 is 0 Å². The van der Waals surface area contributed by atoms with E-state index in [1.165, 1.54) is 24.3 Å². The average Bonchev–Trinajstić information content (AvgIpc) is 3.00. The van der Waals surface area contributed by atoms with Crippen molar-refractivity contribution in [2.24, 2.45) is 0 Å². The maximum absolute atomic E-state index is 5.34. The van der Waals surface area contributed by atoms with Gasteiger partial charge in [0, 0.05) is 24.6 Å². The third-order valence-corrected chi connectivity index (χ3v) is 5.07. The molecule has 1 aliphatic rings. The van der Waals surface area contributed by atoms with E-state index in [0.717, 1.165) is 37.0 Å². The monoisotopic (exact) mass is 317 g/mol. The lowest BCUT2D eigenvalue weighted by atomic mass is 9.98. The van der Waals surface area contributed by atoms with Crippen molar-refractivity contribution in [1.29, 1.82) is 0 Å². The third-order valence-electron chi connectivity index (χ3n) is 4.06. The summed E-state index contributed by atoms with van der Waals surface area (Å²) in [6.07, 6.45) is 2.38. The first-order valence-corrected chi connectivity index (χ1v) is 9.11. The zero-order valence-corrected chi connectivity index (χ0v) is 13.9. The van der Waals surface area contributed by atoms with Crippen LogP contribution in [0, 0.1) is 6.92 Å². The molecule has 1 aromatic carbocycles. The zero-order chi connectivity index (χ0) is 15.2. The molecule has 1 atom stereocenters. The quantitative estimate of drug-likeness (QED) is 0.763. The van der Waals surface area contributed by atoms with Crippen LogP contribution in [0.1, 0.15) is 36.0 Å². The Hall–Kier alpha value is -1.33. The Morgan fingerprint density at radius 3 is 2.95 bits per heavy atom. The molecule has 4 nitrogen and oxygen atoms in total. The Kier molecular flexibility index (Phi) is 5.51. The second kappa shape index (κ2) is 7.79. The molecule has 2 aromatic rings. The summed E-state index contributed by atoms with van der Waals surface area (Å²) in [7, 11) is 0. The molecule has 0 aliphatic carbocycles. The summed E-state index contributed by atoms with van der Waals surface area (Å²) in [6, 6.07) is 10.7. The summed E-state index contributed by atoms with van der Waals surface area (Å²) in [5.41, 5.74) is 1.41. The largest absolute Gasteiger partial charge is 0.339 e. The fourth-order valence-corrected chi connectivity index (χ4v) is 3.86. The van der Waals surface area contributed by atoms with E-state index in [-0.39, 0.29) is 0 Å². The van der Waals surface area contributed by atoms with Crippen LogP contribution in [0.4, 0.5) is 0 Å². The van der Waals surface area contributed by atoms with Crippen LogP contribution >= 0.6 is 11.8 Å². The minimum Gasteiger partial charge on any atom is -0.339 e. The lowest BCUT2D eigenvalue weighted by molar-refractivity contribution is 0.196. The van der Waals surface area contributed by atoms with Gasteiger partial charge in [0.1, 0.15) is 0 Å². The van der Waals surface area contributed by atoms with E-state index >= 15 is 0 Å². The molecule has 0 amide bonds. The zero-order valence-electron chi connectivity index (χ0n) is 13.1. The van der Waals surface area contributed by atoms with Crippen molar-refractivity contribution in [2.75, 3.05) is 25.4 Å². The van der Waals surface area contributed by atoms with Crippen molar-refractivity contribution in [2.45, 2.75) is 31.4 Å². The van der Waals surface area contributed by atoms with Crippen molar-refractivity contribution in [3.05, 3.63) is 47.6 Å². The molecule has 0 spiro atoms. The standard InChI is InChI=1S/C17H23N3OS/c1-14-18-17(21-19-14)16-8-5-9-20(12-16)10-11-22-13-15-6-3-2-4-7-15/h2-4,6-7,16H,5,8-13H2,1H3/t16-/m1/s1. The predicted octanol–water partition coefficient (Wildman–Crippen LogP) is 3.49. The number of nitrogens with zero attached hydrogens (tertiary/aromatic N) is 3. The molecular weight excluding hydrogens is 294 g/mol. The van der Waals surface area contributed by atoms with Gasteiger partial charge in [-0.25, -0.2) is 0 Å². The van der Waals surface area contributed by atoms with Gasteiger partial charge in [0.25, 0.3) is 0 Å². The normalized spacial score (nSPS) is 19.4. The number of hydrogen-bond donors (Lipinski definition) is 0. The minimum atomic E-state index is 0.411. The number of thioether (sulfide) groups is 1. The van der Waals surface area contributed by atoms with Crippen molar-refractivity contribution in [3.63, 3.8) is 0 Å². The number of aryl methyl sites for hydroxylation is 1. The molecule has 2 heterocycles. The summed E-state index contributed by atoms with van der Waals surface area (Å²) >= 11 is 2.01. The van der Waals surface area contributed by atoms with Crippen LogP contribution in [0.5, 0.6) is 0 Å². The van der Waals surface area contributed by atoms with Crippen molar-refractivity contribution in [3.8, 4) is 0 Å². The van der Waals surface area contributed by atoms with Crippen LogP contribution in [0.15, 0.2) is 34.9 Å². The Labute approximate surface area is 136 Å². The maximum Gasteiger partial charge on any atom is 0.231 e. The SMILES string of the molecule is Cc1noc([C@@H]2CCCN(CCSCc3ccccc3)C2)n1. The van der Waals surface area contributed by atoms with E-state index in [0.29, 0.717) is 5.92 Å². The highest BCUT2D eigenvalue weighted by atomic mass is 32.2. The van der Waals surface area contributed by atoms with Gasteiger partial charge < -0.3 is 9.42 Å². The van der Waals surface area contributed by atoms with Gasteiger partial charge in [0.05, 0.1) is 5.92 Å². The molecular formula is C17H23N3OS. The van der Waals surface area contributed by atoms with E-state index < -0.39 is 0 Å². The Balaban J connectivity index is 1.41. The summed E-state index contributed by atoms with van der Waals surface area (Å²) in [6.45, 7) is 5.26. The van der Waals surface area contributed by atoms with E-state index in [1.54, 1.807) is 0 Å². The van der Waals surface area contributed by atoms with Crippen LogP contribution in [-0.4, -0.2) is 40.4 Å². The molecule has 5 heteroatoms. The van der Waals surface area contributed by atoms with Gasteiger partial charge >= 0.3 is 0 Å². The highest BCUT2D eigenvalue weighted by Gasteiger charge is 2.25. The van der Waals surface area contributed by atoms with Crippen molar-refractivity contribution < 1.29 is 4.52 Å². The summed E-state index contributed by atoms with van der Waals surface area (Å²) in [5, 5.41) is 3.92. The third kappa shape index (κ3) is 4.34. The number of aromatic nitrogens is 2. The maximum atomic E-state index is 5.34. The first-order chi connectivity index (χ1) is 10.8. The molecule has 0 N–H and O–H groups in total. The van der Waals surface area contributed by atoms with Crippen LogP contribution in [0.2, 0.25) is 0 Å². The first-order valence-electron chi connectivity index (χ1n) is 7.95. The lowest BCUT2D eigenvalue weighted by Gasteiger charge is -2.30. The Morgan fingerprint density at radius 2 is 2.18 bits per heavy atom. The Morgan fingerprint density at radius 1 is 1.32 bits per heavy atom. The highest BCUT2D eigenvalue weighted by molar-refractivity contribution is 7.98. The van der Waals surface area contributed by atoms with Gasteiger partial charge in [-0.05, 0) is 31.9 Å². The number of piperidine rings is 1. The van der Waals surface area contributed by atoms with Gasteiger partial charge in [0.2, 0.25) is 5.89 Å². The molecule has 0 saturated carbocycles. The number of benzene rings is 1. The van der Waals surface area contributed by atoms with Gasteiger partial charge in [-0.2, -0.15) is 16.7 Å². The van der Waals surface area contributed by atoms with Crippen LogP contribution in [0.25, 0.3) is 0 Å². The molecule has 1 fully saturated rings. The molecule has 1 aliphatic heterocycles. The molecule has 3 rings (SSSR count). The summed E-state index contributed by atoms with van der Waals surface area (Å²) in [4.78, 5) is 6.93. The minimum absolute atomic E-state index is 0.411. The van der Waals surface area contributed by atoms with Crippen molar-refractivity contribution >= 4 is 11.8 Å². The summed E-state index contributed by atoms with van der Waals surface area (Å²) < 4.78 is 5.34. The van der Waals surface area contributed by atoms with E-state index in [1.807, 2.05) is 18.7 Å². The highest BCUT2D eigenvalue weighted by Crippen LogP contribution is 2.25. The van der Waals surface area contributed by atoms with Crippen LogP contribution in [-0.2, 0) is 5.75 Å². The van der Waals surface area contributed by atoms with Crippen LogP contribution in [0.3, 0.4) is 0 Å². The fraction of sp³-hybridized carbons (Fsp3) is 0.529. The second-order valence-corrected chi connectivity index (χ2v) is 6.96. The number of hydrogen-bond acceptors (Lipinski definition) is 5. The molecule has 0 radical (unpaired) electrons.